The van der Waals surface area contributed by atoms with Crippen LogP contribution in [0.2, 0.25) is 0 Å². The van der Waals surface area contributed by atoms with Gasteiger partial charge < -0.3 is 15.2 Å². The number of fused-ring (bicyclic) bond motifs is 3. The van der Waals surface area contributed by atoms with Crippen LogP contribution >= 0.6 is 15.9 Å². The predicted octanol–water partition coefficient (Wildman–Crippen LogP) is 3.78. The molecule has 0 saturated carbocycles. The number of halogens is 2. The molecule has 4 rings (SSSR count). The highest BCUT2D eigenvalue weighted by atomic mass is 79.9. The van der Waals surface area contributed by atoms with Gasteiger partial charge in [0, 0.05) is 21.6 Å². The number of carbonyl (C=O) groups is 1. The van der Waals surface area contributed by atoms with E-state index in [1.165, 1.54) is 12.1 Å². The Morgan fingerprint density at radius 1 is 1.25 bits per heavy atom. The molecule has 1 aliphatic heterocycles. The zero-order chi connectivity index (χ0) is 16.8. The number of rotatable bonds is 2. The van der Waals surface area contributed by atoms with Gasteiger partial charge in [0.05, 0.1) is 12.0 Å². The van der Waals surface area contributed by atoms with Gasteiger partial charge in [-0.25, -0.2) is 4.39 Å². The molecule has 0 spiro atoms. The number of carboxylic acids is 1. The largest absolute Gasteiger partial charge is 0.545 e. The molecule has 122 valence electrons. The molecule has 24 heavy (non-hydrogen) atoms. The molecule has 1 aliphatic carbocycles. The minimum absolute atomic E-state index is 0.0719. The normalized spacial score (nSPS) is 24.2. The monoisotopic (exact) mass is 386 g/mol. The van der Waals surface area contributed by atoms with Crippen LogP contribution in [0.25, 0.3) is 0 Å². The standard InChI is InChI=1S/C19H15BrFNO2/c20-11-8-15-13-2-1-3-14(13)17(10-4-6-12(21)7-5-10)22-18(15)16(9-11)19(23)24/h1-2,4-9,13-14,17,22H,3H2,(H,23,24)/p-1/t13-,14-,17-/m1/s1. The lowest BCUT2D eigenvalue weighted by Crippen LogP contribution is -2.32. The van der Waals surface area contributed by atoms with Gasteiger partial charge in [-0.2, -0.15) is 0 Å². The van der Waals surface area contributed by atoms with Crippen LogP contribution in [-0.2, 0) is 0 Å². The average molecular weight is 387 g/mol. The first-order valence-electron chi connectivity index (χ1n) is 7.78. The molecule has 2 aliphatic rings. The zero-order valence-electron chi connectivity index (χ0n) is 12.6. The smallest absolute Gasteiger partial charge is 0.123 e. The number of carbonyl (C=O) groups excluding carboxylic acids is 1. The third kappa shape index (κ3) is 2.44. The summed E-state index contributed by atoms with van der Waals surface area (Å²) in [7, 11) is 0. The van der Waals surface area contributed by atoms with Gasteiger partial charge in [-0.3, -0.25) is 0 Å². The molecule has 1 N–H and O–H groups in total. The number of anilines is 1. The molecule has 0 bridgehead atoms. The summed E-state index contributed by atoms with van der Waals surface area (Å²) in [4.78, 5) is 11.6. The quantitative estimate of drug-likeness (QED) is 0.799. The van der Waals surface area contributed by atoms with E-state index in [0.29, 0.717) is 5.69 Å². The number of hydrogen-bond donors (Lipinski definition) is 1. The van der Waals surface area contributed by atoms with E-state index in [-0.39, 0.29) is 29.3 Å². The molecule has 3 nitrogen and oxygen atoms in total. The van der Waals surface area contributed by atoms with Crippen molar-refractivity contribution in [2.24, 2.45) is 5.92 Å². The van der Waals surface area contributed by atoms with Crippen LogP contribution in [0.3, 0.4) is 0 Å². The lowest BCUT2D eigenvalue weighted by Gasteiger charge is -2.38. The van der Waals surface area contributed by atoms with Crippen molar-refractivity contribution >= 4 is 27.6 Å². The van der Waals surface area contributed by atoms with Crippen LogP contribution < -0.4 is 10.4 Å². The molecule has 1 heterocycles. The highest BCUT2D eigenvalue weighted by Crippen LogP contribution is 2.51. The van der Waals surface area contributed by atoms with Crippen LogP contribution in [0, 0.1) is 11.7 Å². The molecular weight excluding hydrogens is 373 g/mol. The Hall–Kier alpha value is -2.14. The molecule has 0 radical (unpaired) electrons. The summed E-state index contributed by atoms with van der Waals surface area (Å²) in [5.41, 5.74) is 2.65. The topological polar surface area (TPSA) is 52.2 Å². The Morgan fingerprint density at radius 2 is 2.00 bits per heavy atom. The molecule has 0 amide bonds. The summed E-state index contributed by atoms with van der Waals surface area (Å²) in [6, 6.07) is 9.83. The fourth-order valence-electron chi connectivity index (χ4n) is 3.83. The third-order valence-electron chi connectivity index (χ3n) is 4.88. The maximum atomic E-state index is 13.3. The van der Waals surface area contributed by atoms with E-state index in [1.54, 1.807) is 18.2 Å². The molecule has 3 atom stereocenters. The third-order valence-corrected chi connectivity index (χ3v) is 5.34. The predicted molar refractivity (Wildman–Crippen MR) is 91.2 cm³/mol. The Bertz CT molecular complexity index is 847. The first kappa shape index (κ1) is 15.4. The van der Waals surface area contributed by atoms with Crippen molar-refractivity contribution in [1.82, 2.24) is 0 Å². The SMILES string of the molecule is O=C([O-])c1cc(Br)cc2c1N[C@H](c1ccc(F)cc1)[C@@H]1CC=C[C@@H]21. The van der Waals surface area contributed by atoms with Crippen LogP contribution in [0.1, 0.15) is 39.9 Å². The van der Waals surface area contributed by atoms with Gasteiger partial charge in [-0.1, -0.05) is 40.2 Å². The molecule has 0 fully saturated rings. The highest BCUT2D eigenvalue weighted by molar-refractivity contribution is 9.10. The van der Waals surface area contributed by atoms with Crippen molar-refractivity contribution in [2.75, 3.05) is 5.32 Å². The zero-order valence-corrected chi connectivity index (χ0v) is 14.2. The fraction of sp³-hybridized carbons (Fsp3) is 0.211. The van der Waals surface area contributed by atoms with E-state index in [9.17, 15) is 14.3 Å². The van der Waals surface area contributed by atoms with Gasteiger partial charge in [0.25, 0.3) is 0 Å². The second kappa shape index (κ2) is 5.74. The van der Waals surface area contributed by atoms with Crippen molar-refractivity contribution in [1.29, 1.82) is 0 Å². The average Bonchev–Trinajstić information content (AvgIpc) is 3.04. The summed E-state index contributed by atoms with van der Waals surface area (Å²) in [5, 5.41) is 14.9. The van der Waals surface area contributed by atoms with Crippen LogP contribution in [-0.4, -0.2) is 5.97 Å². The fourth-order valence-corrected chi connectivity index (χ4v) is 4.30. The Morgan fingerprint density at radius 3 is 2.71 bits per heavy atom. The second-order valence-corrected chi connectivity index (χ2v) is 7.15. The van der Waals surface area contributed by atoms with E-state index in [2.05, 4.69) is 33.4 Å². The number of aromatic carboxylic acids is 1. The number of carboxylic acid groups (broad SMARTS) is 1. The van der Waals surface area contributed by atoms with Crippen LogP contribution in [0.15, 0.2) is 53.0 Å². The number of benzene rings is 2. The highest BCUT2D eigenvalue weighted by Gasteiger charge is 2.39. The molecule has 2 aromatic carbocycles. The van der Waals surface area contributed by atoms with Crippen LogP contribution in [0.4, 0.5) is 10.1 Å². The van der Waals surface area contributed by atoms with Gasteiger partial charge in [-0.05, 0) is 47.7 Å². The van der Waals surface area contributed by atoms with Crippen molar-refractivity contribution in [3.63, 3.8) is 0 Å². The van der Waals surface area contributed by atoms with Gasteiger partial charge in [0.15, 0.2) is 0 Å². The first-order valence-corrected chi connectivity index (χ1v) is 8.57. The van der Waals surface area contributed by atoms with E-state index >= 15 is 0 Å². The number of nitrogens with one attached hydrogen (secondary N) is 1. The van der Waals surface area contributed by atoms with Gasteiger partial charge >= 0.3 is 0 Å². The van der Waals surface area contributed by atoms with Crippen molar-refractivity contribution in [3.05, 3.63) is 75.5 Å². The maximum Gasteiger partial charge on any atom is 0.123 e. The summed E-state index contributed by atoms with van der Waals surface area (Å²) < 4.78 is 14.0. The molecule has 2 aromatic rings. The van der Waals surface area contributed by atoms with Crippen LogP contribution in [0.5, 0.6) is 0 Å². The summed E-state index contributed by atoms with van der Waals surface area (Å²) in [6.45, 7) is 0. The van der Waals surface area contributed by atoms with Crippen molar-refractivity contribution in [2.45, 2.75) is 18.4 Å². The van der Waals surface area contributed by atoms with E-state index in [1.807, 2.05) is 6.07 Å². The minimum Gasteiger partial charge on any atom is -0.545 e. The Kier molecular flexibility index (Phi) is 3.68. The maximum absolute atomic E-state index is 13.3. The lowest BCUT2D eigenvalue weighted by atomic mass is 9.76. The summed E-state index contributed by atoms with van der Waals surface area (Å²) in [6.07, 6.45) is 5.15. The van der Waals surface area contributed by atoms with Gasteiger partial charge in [0.2, 0.25) is 0 Å². The minimum atomic E-state index is -1.21. The second-order valence-electron chi connectivity index (χ2n) is 6.23. The summed E-state index contributed by atoms with van der Waals surface area (Å²) in [5.74, 6) is -1.09. The van der Waals surface area contributed by atoms with E-state index < -0.39 is 5.97 Å². The lowest BCUT2D eigenvalue weighted by molar-refractivity contribution is -0.254. The van der Waals surface area contributed by atoms with Crippen molar-refractivity contribution in [3.8, 4) is 0 Å². The molecule has 5 heteroatoms. The number of allylic oxidation sites excluding steroid dienone is 2. The molecule has 0 unspecified atom stereocenters. The number of hydrogen-bond acceptors (Lipinski definition) is 3. The van der Waals surface area contributed by atoms with Gasteiger partial charge in [-0.15, -0.1) is 0 Å². The molecular formula is C19H14BrFNO2-. The van der Waals surface area contributed by atoms with Gasteiger partial charge in [0.1, 0.15) is 5.82 Å². The van der Waals surface area contributed by atoms with E-state index in [0.717, 1.165) is 22.0 Å². The van der Waals surface area contributed by atoms with Crippen molar-refractivity contribution < 1.29 is 14.3 Å². The molecule has 0 aromatic heterocycles. The Labute approximate surface area is 147 Å². The summed E-state index contributed by atoms with van der Waals surface area (Å²) >= 11 is 3.39. The first-order chi connectivity index (χ1) is 11.5. The Balaban J connectivity index is 1.86. The molecule has 0 saturated heterocycles. The van der Waals surface area contributed by atoms with E-state index in [4.69, 9.17) is 0 Å².